The number of fused-ring (bicyclic) bond motifs is 1. The first kappa shape index (κ1) is 17.7. The number of benzene rings is 1. The van der Waals surface area contributed by atoms with Gasteiger partial charge in [0, 0.05) is 24.5 Å². The standard InChI is InChI=1S/C20H22N4O2S/c1-3-26-19-16-13(2)17(27-20(16)22-12-21-19)18(25)23-14-6-8-15(9-7-14)24-10-4-5-11-24/h6-9,12H,3-5,10-11H2,1-2H3,(H,23,25). The summed E-state index contributed by atoms with van der Waals surface area (Å²) in [6.45, 7) is 6.56. The van der Waals surface area contributed by atoms with Crippen molar-refractivity contribution in [1.82, 2.24) is 9.97 Å². The molecule has 2 aromatic heterocycles. The number of nitrogens with one attached hydrogen (secondary N) is 1. The van der Waals surface area contributed by atoms with E-state index in [9.17, 15) is 4.79 Å². The quantitative estimate of drug-likeness (QED) is 0.714. The molecule has 0 atom stereocenters. The molecule has 140 valence electrons. The number of ether oxygens (including phenoxy) is 1. The zero-order chi connectivity index (χ0) is 18.8. The summed E-state index contributed by atoms with van der Waals surface area (Å²) in [4.78, 5) is 25.1. The van der Waals surface area contributed by atoms with Gasteiger partial charge >= 0.3 is 0 Å². The van der Waals surface area contributed by atoms with Gasteiger partial charge in [0.2, 0.25) is 5.88 Å². The van der Waals surface area contributed by atoms with Crippen molar-refractivity contribution in [2.45, 2.75) is 26.7 Å². The second-order valence-corrected chi connectivity index (χ2v) is 7.54. The number of aromatic nitrogens is 2. The Morgan fingerprint density at radius 2 is 1.96 bits per heavy atom. The number of amides is 1. The number of thiophene rings is 1. The summed E-state index contributed by atoms with van der Waals surface area (Å²) in [5.41, 5.74) is 2.85. The highest BCUT2D eigenvalue weighted by Gasteiger charge is 2.20. The SMILES string of the molecule is CCOc1ncnc2sc(C(=O)Nc3ccc(N4CCCC4)cc3)c(C)c12. The molecule has 0 saturated carbocycles. The van der Waals surface area contributed by atoms with Crippen molar-refractivity contribution in [2.75, 3.05) is 29.9 Å². The second kappa shape index (κ2) is 7.52. The Morgan fingerprint density at radius 1 is 1.22 bits per heavy atom. The number of carbonyl (C=O) groups is 1. The summed E-state index contributed by atoms with van der Waals surface area (Å²) >= 11 is 1.36. The summed E-state index contributed by atoms with van der Waals surface area (Å²) in [5.74, 6) is 0.400. The number of anilines is 2. The summed E-state index contributed by atoms with van der Waals surface area (Å²) in [5, 5.41) is 3.81. The fourth-order valence-electron chi connectivity index (χ4n) is 3.42. The maximum atomic E-state index is 12.8. The van der Waals surface area contributed by atoms with Gasteiger partial charge in [-0.3, -0.25) is 4.79 Å². The minimum atomic E-state index is -0.133. The van der Waals surface area contributed by atoms with Gasteiger partial charge in [0.15, 0.2) is 0 Å². The van der Waals surface area contributed by atoms with Crippen LogP contribution in [0.2, 0.25) is 0 Å². The van der Waals surface area contributed by atoms with E-state index in [1.54, 1.807) is 0 Å². The van der Waals surface area contributed by atoms with E-state index in [0.717, 1.165) is 34.6 Å². The number of hydrogen-bond donors (Lipinski definition) is 1. The molecule has 1 N–H and O–H groups in total. The first-order valence-corrected chi connectivity index (χ1v) is 10.0. The van der Waals surface area contributed by atoms with E-state index in [-0.39, 0.29) is 5.91 Å². The van der Waals surface area contributed by atoms with Gasteiger partial charge in [-0.05, 0) is 56.5 Å². The van der Waals surface area contributed by atoms with Crippen molar-refractivity contribution in [2.24, 2.45) is 0 Å². The molecule has 6 nitrogen and oxygen atoms in total. The van der Waals surface area contributed by atoms with Crippen LogP contribution < -0.4 is 15.0 Å². The first-order valence-electron chi connectivity index (χ1n) is 9.20. The number of aryl methyl sites for hydroxylation is 1. The van der Waals surface area contributed by atoms with Crippen LogP contribution in [0.5, 0.6) is 5.88 Å². The summed E-state index contributed by atoms with van der Waals surface area (Å²) in [6.07, 6.45) is 3.97. The van der Waals surface area contributed by atoms with E-state index in [0.29, 0.717) is 17.4 Å². The van der Waals surface area contributed by atoms with Gasteiger partial charge in [0.1, 0.15) is 11.2 Å². The molecule has 27 heavy (non-hydrogen) atoms. The van der Waals surface area contributed by atoms with E-state index in [1.807, 2.05) is 26.0 Å². The van der Waals surface area contributed by atoms with Crippen LogP contribution >= 0.6 is 11.3 Å². The number of carbonyl (C=O) groups excluding carboxylic acids is 1. The van der Waals surface area contributed by atoms with Gasteiger partial charge in [0.25, 0.3) is 5.91 Å². The highest BCUT2D eigenvalue weighted by molar-refractivity contribution is 7.20. The van der Waals surface area contributed by atoms with Gasteiger partial charge < -0.3 is 15.0 Å². The normalized spacial score (nSPS) is 13.9. The lowest BCUT2D eigenvalue weighted by Gasteiger charge is -2.17. The maximum Gasteiger partial charge on any atom is 0.266 e. The molecule has 4 rings (SSSR count). The number of rotatable bonds is 5. The van der Waals surface area contributed by atoms with Gasteiger partial charge in [-0.25, -0.2) is 9.97 Å². The molecule has 0 radical (unpaired) electrons. The molecular formula is C20H22N4O2S. The molecule has 0 spiro atoms. The lowest BCUT2D eigenvalue weighted by atomic mass is 10.2. The van der Waals surface area contributed by atoms with Crippen molar-refractivity contribution >= 4 is 38.8 Å². The zero-order valence-electron chi connectivity index (χ0n) is 15.5. The van der Waals surface area contributed by atoms with Crippen molar-refractivity contribution in [3.8, 4) is 5.88 Å². The fourth-order valence-corrected chi connectivity index (χ4v) is 4.46. The van der Waals surface area contributed by atoms with Gasteiger partial charge in [-0.2, -0.15) is 0 Å². The Bertz CT molecular complexity index is 962. The van der Waals surface area contributed by atoms with Crippen LogP contribution in [0.3, 0.4) is 0 Å². The minimum absolute atomic E-state index is 0.133. The Morgan fingerprint density at radius 3 is 2.67 bits per heavy atom. The molecule has 1 saturated heterocycles. The molecule has 0 unspecified atom stereocenters. The molecular weight excluding hydrogens is 360 g/mol. The van der Waals surface area contributed by atoms with Gasteiger partial charge in [0.05, 0.1) is 16.9 Å². The second-order valence-electron chi connectivity index (χ2n) is 6.54. The molecule has 1 aliphatic rings. The van der Waals surface area contributed by atoms with E-state index < -0.39 is 0 Å². The molecule has 3 heterocycles. The van der Waals surface area contributed by atoms with Crippen LogP contribution in [-0.4, -0.2) is 35.6 Å². The average Bonchev–Trinajstić information content (AvgIpc) is 3.32. The minimum Gasteiger partial charge on any atom is -0.477 e. The highest BCUT2D eigenvalue weighted by Crippen LogP contribution is 2.34. The third-order valence-electron chi connectivity index (χ3n) is 4.78. The van der Waals surface area contributed by atoms with Crippen LogP contribution in [0.25, 0.3) is 10.2 Å². The van der Waals surface area contributed by atoms with Crippen molar-refractivity contribution in [3.05, 3.63) is 41.0 Å². The smallest absolute Gasteiger partial charge is 0.266 e. The third kappa shape index (κ3) is 3.47. The third-order valence-corrected chi connectivity index (χ3v) is 5.97. The molecule has 1 fully saturated rings. The van der Waals surface area contributed by atoms with Crippen molar-refractivity contribution < 1.29 is 9.53 Å². The van der Waals surface area contributed by atoms with Crippen LogP contribution in [0.15, 0.2) is 30.6 Å². The van der Waals surface area contributed by atoms with Gasteiger partial charge in [-0.15, -0.1) is 11.3 Å². The zero-order valence-corrected chi connectivity index (χ0v) is 16.3. The Kier molecular flexibility index (Phi) is 4.94. The van der Waals surface area contributed by atoms with Crippen LogP contribution in [0.1, 0.15) is 35.0 Å². The van der Waals surface area contributed by atoms with E-state index in [1.165, 1.54) is 36.2 Å². The fraction of sp³-hybridized carbons (Fsp3) is 0.350. The molecule has 3 aromatic rings. The molecule has 7 heteroatoms. The highest BCUT2D eigenvalue weighted by atomic mass is 32.1. The van der Waals surface area contributed by atoms with Crippen LogP contribution in [0, 0.1) is 6.92 Å². The first-order chi connectivity index (χ1) is 13.2. The summed E-state index contributed by atoms with van der Waals surface area (Å²) in [6, 6.07) is 8.05. The molecule has 1 aliphatic heterocycles. The van der Waals surface area contributed by atoms with E-state index >= 15 is 0 Å². The topological polar surface area (TPSA) is 67.3 Å². The van der Waals surface area contributed by atoms with Crippen LogP contribution in [0.4, 0.5) is 11.4 Å². The Balaban J connectivity index is 1.56. The summed E-state index contributed by atoms with van der Waals surface area (Å²) < 4.78 is 5.59. The molecule has 1 aromatic carbocycles. The lowest BCUT2D eigenvalue weighted by Crippen LogP contribution is -2.17. The maximum absolute atomic E-state index is 12.8. The lowest BCUT2D eigenvalue weighted by molar-refractivity contribution is 0.103. The Labute approximate surface area is 162 Å². The van der Waals surface area contributed by atoms with E-state index in [4.69, 9.17) is 4.74 Å². The predicted octanol–water partition coefficient (Wildman–Crippen LogP) is 4.25. The largest absolute Gasteiger partial charge is 0.477 e. The van der Waals surface area contributed by atoms with Crippen molar-refractivity contribution in [1.29, 1.82) is 0 Å². The van der Waals surface area contributed by atoms with Crippen LogP contribution in [-0.2, 0) is 0 Å². The Hall–Kier alpha value is -2.67. The predicted molar refractivity (Wildman–Crippen MR) is 109 cm³/mol. The molecule has 0 aliphatic carbocycles. The monoisotopic (exact) mass is 382 g/mol. The summed E-state index contributed by atoms with van der Waals surface area (Å²) in [7, 11) is 0. The van der Waals surface area contributed by atoms with Crippen molar-refractivity contribution in [3.63, 3.8) is 0 Å². The molecule has 0 bridgehead atoms. The number of hydrogen-bond acceptors (Lipinski definition) is 6. The van der Waals surface area contributed by atoms with Gasteiger partial charge in [-0.1, -0.05) is 0 Å². The average molecular weight is 382 g/mol. The number of nitrogens with zero attached hydrogens (tertiary/aromatic N) is 3. The van der Waals surface area contributed by atoms with E-state index in [2.05, 4.69) is 32.3 Å². The molecule has 1 amide bonds.